The number of hydrogen-bond donors (Lipinski definition) is 1. The van der Waals surface area contributed by atoms with Crippen LogP contribution in [0.1, 0.15) is 11.6 Å². The maximum absolute atomic E-state index is 6.19. The smallest absolute Gasteiger partial charge is 0.123 e. The lowest BCUT2D eigenvalue weighted by atomic mass is 10.1. The quantitative estimate of drug-likeness (QED) is 0.871. The van der Waals surface area contributed by atoms with Crippen molar-refractivity contribution in [2.45, 2.75) is 12.6 Å². The van der Waals surface area contributed by atoms with Gasteiger partial charge in [-0.15, -0.1) is 0 Å². The molecule has 0 radical (unpaired) electrons. The molecule has 2 rings (SSSR count). The average Bonchev–Trinajstić information content (AvgIpc) is 2.90. The number of methoxy groups -OCH3 is 2. The normalized spacial score (nSPS) is 12.2. The third-order valence-corrected chi connectivity index (χ3v) is 2.78. The molecule has 5 nitrogen and oxygen atoms in total. The van der Waals surface area contributed by atoms with E-state index in [0.29, 0.717) is 6.54 Å². The van der Waals surface area contributed by atoms with Crippen LogP contribution in [-0.4, -0.2) is 24.0 Å². The molecule has 96 valence electrons. The van der Waals surface area contributed by atoms with Crippen LogP contribution < -0.4 is 15.2 Å². The summed E-state index contributed by atoms with van der Waals surface area (Å²) in [6.45, 7) is 0.594. The van der Waals surface area contributed by atoms with Crippen LogP contribution in [0.2, 0.25) is 0 Å². The van der Waals surface area contributed by atoms with E-state index in [9.17, 15) is 0 Å². The summed E-state index contributed by atoms with van der Waals surface area (Å²) in [4.78, 5) is 0. The molecule has 1 aromatic heterocycles. The minimum Gasteiger partial charge on any atom is -0.497 e. The van der Waals surface area contributed by atoms with Crippen LogP contribution in [0.25, 0.3) is 0 Å². The molecule has 0 saturated carbocycles. The number of rotatable bonds is 5. The van der Waals surface area contributed by atoms with E-state index in [-0.39, 0.29) is 6.04 Å². The van der Waals surface area contributed by atoms with E-state index < -0.39 is 0 Å². The summed E-state index contributed by atoms with van der Waals surface area (Å²) in [5, 5.41) is 4.14. The van der Waals surface area contributed by atoms with E-state index in [1.54, 1.807) is 25.1 Å². The third-order valence-electron chi connectivity index (χ3n) is 2.78. The monoisotopic (exact) mass is 247 g/mol. The largest absolute Gasteiger partial charge is 0.497 e. The molecule has 0 amide bonds. The molecular weight excluding hydrogens is 230 g/mol. The van der Waals surface area contributed by atoms with E-state index in [0.717, 1.165) is 17.1 Å². The minimum absolute atomic E-state index is 0.199. The van der Waals surface area contributed by atoms with E-state index in [1.807, 2.05) is 30.5 Å². The van der Waals surface area contributed by atoms with Crippen molar-refractivity contribution in [3.63, 3.8) is 0 Å². The Labute approximate surface area is 106 Å². The minimum atomic E-state index is -0.199. The Morgan fingerprint density at radius 2 is 2.17 bits per heavy atom. The first kappa shape index (κ1) is 12.4. The lowest BCUT2D eigenvalue weighted by Crippen LogP contribution is -2.18. The summed E-state index contributed by atoms with van der Waals surface area (Å²) >= 11 is 0. The van der Waals surface area contributed by atoms with E-state index >= 15 is 0 Å². The molecule has 18 heavy (non-hydrogen) atoms. The highest BCUT2D eigenvalue weighted by Gasteiger charge is 2.14. The van der Waals surface area contributed by atoms with Crippen LogP contribution in [0.5, 0.6) is 11.5 Å². The second kappa shape index (κ2) is 5.55. The van der Waals surface area contributed by atoms with Crippen molar-refractivity contribution in [3.8, 4) is 11.5 Å². The summed E-state index contributed by atoms with van der Waals surface area (Å²) in [6, 6.07) is 7.28. The molecular formula is C13H17N3O2. The number of nitrogens with zero attached hydrogens (tertiary/aromatic N) is 2. The van der Waals surface area contributed by atoms with Crippen molar-refractivity contribution < 1.29 is 9.47 Å². The average molecular weight is 247 g/mol. The van der Waals surface area contributed by atoms with Gasteiger partial charge in [-0.1, -0.05) is 0 Å². The fraction of sp³-hybridized carbons (Fsp3) is 0.308. The van der Waals surface area contributed by atoms with Crippen LogP contribution in [0.4, 0.5) is 0 Å². The topological polar surface area (TPSA) is 62.3 Å². The SMILES string of the molecule is COc1ccc(OC)c(C(N)Cn2cccn2)c1. The fourth-order valence-corrected chi connectivity index (χ4v) is 1.84. The van der Waals surface area contributed by atoms with E-state index in [1.165, 1.54) is 0 Å². The van der Waals surface area contributed by atoms with Crippen molar-refractivity contribution in [3.05, 3.63) is 42.2 Å². The molecule has 2 N–H and O–H groups in total. The number of aromatic nitrogens is 2. The van der Waals surface area contributed by atoms with Crippen LogP contribution in [-0.2, 0) is 6.54 Å². The molecule has 1 heterocycles. The van der Waals surface area contributed by atoms with Gasteiger partial charge < -0.3 is 15.2 Å². The van der Waals surface area contributed by atoms with Gasteiger partial charge in [0.05, 0.1) is 26.8 Å². The predicted octanol–water partition coefficient (Wildman–Crippen LogP) is 1.60. The highest BCUT2D eigenvalue weighted by Crippen LogP contribution is 2.28. The van der Waals surface area contributed by atoms with E-state index in [2.05, 4.69) is 5.10 Å². The van der Waals surface area contributed by atoms with E-state index in [4.69, 9.17) is 15.2 Å². The van der Waals surface area contributed by atoms with Crippen LogP contribution in [0.3, 0.4) is 0 Å². The zero-order chi connectivity index (χ0) is 13.0. The first-order valence-electron chi connectivity index (χ1n) is 5.69. The fourth-order valence-electron chi connectivity index (χ4n) is 1.84. The molecule has 1 unspecified atom stereocenters. The third kappa shape index (κ3) is 2.62. The van der Waals surface area contributed by atoms with Gasteiger partial charge >= 0.3 is 0 Å². The van der Waals surface area contributed by atoms with Gasteiger partial charge in [-0.2, -0.15) is 5.10 Å². The van der Waals surface area contributed by atoms with Gasteiger partial charge in [-0.25, -0.2) is 0 Å². The molecule has 0 saturated heterocycles. The second-order valence-electron chi connectivity index (χ2n) is 3.94. The molecule has 0 spiro atoms. The summed E-state index contributed by atoms with van der Waals surface area (Å²) < 4.78 is 12.3. The maximum Gasteiger partial charge on any atom is 0.123 e. The Bertz CT molecular complexity index is 497. The molecule has 0 aliphatic heterocycles. The van der Waals surface area contributed by atoms with Crippen molar-refractivity contribution in [2.75, 3.05) is 14.2 Å². The van der Waals surface area contributed by atoms with Crippen molar-refractivity contribution in [1.29, 1.82) is 0 Å². The number of benzene rings is 1. The van der Waals surface area contributed by atoms with Crippen molar-refractivity contribution >= 4 is 0 Å². The highest BCUT2D eigenvalue weighted by atomic mass is 16.5. The number of ether oxygens (including phenoxy) is 2. The first-order chi connectivity index (χ1) is 8.74. The van der Waals surface area contributed by atoms with Gasteiger partial charge in [-0.3, -0.25) is 4.68 Å². The van der Waals surface area contributed by atoms with Gasteiger partial charge in [0.25, 0.3) is 0 Å². The molecule has 1 atom stereocenters. The Balaban J connectivity index is 2.24. The van der Waals surface area contributed by atoms with Gasteiger partial charge in [0, 0.05) is 18.0 Å². The number of hydrogen-bond acceptors (Lipinski definition) is 4. The Hall–Kier alpha value is -2.01. The molecule has 5 heteroatoms. The van der Waals surface area contributed by atoms with Crippen molar-refractivity contribution in [1.82, 2.24) is 9.78 Å². The Morgan fingerprint density at radius 3 is 2.78 bits per heavy atom. The predicted molar refractivity (Wildman–Crippen MR) is 68.7 cm³/mol. The molecule has 0 aliphatic carbocycles. The summed E-state index contributed by atoms with van der Waals surface area (Å²) in [7, 11) is 3.26. The van der Waals surface area contributed by atoms with Gasteiger partial charge in [0.1, 0.15) is 11.5 Å². The summed E-state index contributed by atoms with van der Waals surface area (Å²) in [6.07, 6.45) is 3.61. The second-order valence-corrected chi connectivity index (χ2v) is 3.94. The molecule has 2 aromatic rings. The summed E-state index contributed by atoms with van der Waals surface area (Å²) in [5.74, 6) is 1.53. The highest BCUT2D eigenvalue weighted by molar-refractivity contribution is 5.42. The number of nitrogens with two attached hydrogens (primary N) is 1. The Kier molecular flexibility index (Phi) is 3.84. The van der Waals surface area contributed by atoms with Gasteiger partial charge in [-0.05, 0) is 24.3 Å². The van der Waals surface area contributed by atoms with Gasteiger partial charge in [0.2, 0.25) is 0 Å². The van der Waals surface area contributed by atoms with Crippen LogP contribution >= 0.6 is 0 Å². The molecule has 0 bridgehead atoms. The zero-order valence-electron chi connectivity index (χ0n) is 10.5. The lowest BCUT2D eigenvalue weighted by molar-refractivity contribution is 0.390. The van der Waals surface area contributed by atoms with Crippen molar-refractivity contribution in [2.24, 2.45) is 5.73 Å². The lowest BCUT2D eigenvalue weighted by Gasteiger charge is -2.16. The Morgan fingerprint density at radius 1 is 1.33 bits per heavy atom. The molecule has 0 fully saturated rings. The zero-order valence-corrected chi connectivity index (χ0v) is 10.5. The van der Waals surface area contributed by atoms with Crippen LogP contribution in [0.15, 0.2) is 36.7 Å². The van der Waals surface area contributed by atoms with Crippen LogP contribution in [0, 0.1) is 0 Å². The maximum atomic E-state index is 6.19. The standard InChI is InChI=1S/C13H17N3O2/c1-17-10-4-5-13(18-2)11(8-10)12(14)9-16-7-3-6-15-16/h3-8,12H,9,14H2,1-2H3. The molecule has 1 aromatic carbocycles. The molecule has 0 aliphatic rings. The first-order valence-corrected chi connectivity index (χ1v) is 5.69. The van der Waals surface area contributed by atoms with Gasteiger partial charge in [0.15, 0.2) is 0 Å². The summed E-state index contributed by atoms with van der Waals surface area (Å²) in [5.41, 5.74) is 7.10.